The van der Waals surface area contributed by atoms with E-state index in [1.54, 1.807) is 0 Å². The topological polar surface area (TPSA) is 24.4 Å². The molecule has 0 saturated carbocycles. The lowest BCUT2D eigenvalue weighted by atomic mass is 10.1. The van der Waals surface area contributed by atoms with Gasteiger partial charge < -0.3 is 5.32 Å². The van der Waals surface area contributed by atoms with E-state index in [-0.39, 0.29) is 0 Å². The molecule has 0 spiro atoms. The molecule has 136 valence electrons. The first-order chi connectivity index (χ1) is 13.1. The van der Waals surface area contributed by atoms with E-state index in [4.69, 9.17) is 4.99 Å². The number of hydrogen-bond acceptors (Lipinski definition) is 2. The van der Waals surface area contributed by atoms with Gasteiger partial charge >= 0.3 is 0 Å². The Hall–Kier alpha value is -3.13. The van der Waals surface area contributed by atoms with Gasteiger partial charge in [0.15, 0.2) is 0 Å². The molecule has 0 aliphatic carbocycles. The summed E-state index contributed by atoms with van der Waals surface area (Å²) in [4.78, 5) is 4.81. The van der Waals surface area contributed by atoms with Crippen molar-refractivity contribution in [2.75, 3.05) is 5.32 Å². The Morgan fingerprint density at radius 1 is 0.704 bits per heavy atom. The van der Waals surface area contributed by atoms with Crippen LogP contribution in [0.3, 0.4) is 0 Å². The molecule has 1 N–H and O–H groups in total. The molecule has 0 radical (unpaired) electrons. The van der Waals surface area contributed by atoms with Gasteiger partial charge in [0.1, 0.15) is 0 Å². The molecule has 3 aromatic carbocycles. The van der Waals surface area contributed by atoms with Crippen molar-refractivity contribution in [3.05, 3.63) is 101 Å². The summed E-state index contributed by atoms with van der Waals surface area (Å²) in [6.45, 7) is 8.44. The fraction of sp³-hybridized carbons (Fsp3) is 0.160. The summed E-state index contributed by atoms with van der Waals surface area (Å²) in [6.07, 6.45) is 3.99. The van der Waals surface area contributed by atoms with Crippen LogP contribution in [-0.2, 0) is 0 Å². The van der Waals surface area contributed by atoms with Crippen LogP contribution in [0.2, 0.25) is 0 Å². The molecule has 0 aliphatic heterocycles. The number of hydrogen-bond donors (Lipinski definition) is 1. The van der Waals surface area contributed by atoms with Crippen molar-refractivity contribution in [3.63, 3.8) is 0 Å². The Labute approximate surface area is 162 Å². The number of allylic oxidation sites excluding steroid dienone is 1. The molecule has 0 saturated heterocycles. The van der Waals surface area contributed by atoms with E-state index in [9.17, 15) is 0 Å². The van der Waals surface area contributed by atoms with Crippen LogP contribution in [0, 0.1) is 27.7 Å². The summed E-state index contributed by atoms with van der Waals surface area (Å²) >= 11 is 0. The summed E-state index contributed by atoms with van der Waals surface area (Å²) in [5, 5.41) is 3.49. The molecule has 2 heteroatoms. The first-order valence-corrected chi connectivity index (χ1v) is 9.25. The molecule has 3 rings (SSSR count). The average molecular weight is 354 g/mol. The third-order valence-corrected chi connectivity index (χ3v) is 4.73. The number of aliphatic imine (C=N–C) groups is 1. The maximum absolute atomic E-state index is 4.81. The quantitative estimate of drug-likeness (QED) is 0.502. The minimum absolute atomic E-state index is 1.03. The number of nitrogens with one attached hydrogen (secondary N) is 1. The van der Waals surface area contributed by atoms with E-state index < -0.39 is 0 Å². The number of para-hydroxylation sites is 2. The van der Waals surface area contributed by atoms with Gasteiger partial charge in [-0.05, 0) is 55.5 Å². The van der Waals surface area contributed by atoms with Crippen molar-refractivity contribution in [3.8, 4) is 0 Å². The summed E-state index contributed by atoms with van der Waals surface area (Å²) in [5.74, 6) is 0. The van der Waals surface area contributed by atoms with Crippen LogP contribution >= 0.6 is 0 Å². The molecular formula is C25H26N2. The SMILES string of the molecule is Cc1cccc(C)c1N=C/C(=C/Nc1c(C)cccc1C)c1ccccc1. The van der Waals surface area contributed by atoms with Crippen molar-refractivity contribution in [2.24, 2.45) is 4.99 Å². The third-order valence-electron chi connectivity index (χ3n) is 4.73. The molecule has 3 aromatic rings. The highest BCUT2D eigenvalue weighted by molar-refractivity contribution is 6.11. The zero-order valence-electron chi connectivity index (χ0n) is 16.5. The molecule has 0 bridgehead atoms. The molecule has 0 aromatic heterocycles. The number of aryl methyl sites for hydroxylation is 4. The molecule has 27 heavy (non-hydrogen) atoms. The molecule has 0 atom stereocenters. The number of benzene rings is 3. The molecule has 2 nitrogen and oxygen atoms in total. The zero-order valence-corrected chi connectivity index (χ0v) is 16.5. The van der Waals surface area contributed by atoms with Gasteiger partial charge in [-0.25, -0.2) is 0 Å². The minimum atomic E-state index is 1.03. The summed E-state index contributed by atoms with van der Waals surface area (Å²) in [6, 6.07) is 22.9. The van der Waals surface area contributed by atoms with E-state index in [1.165, 1.54) is 22.3 Å². The summed E-state index contributed by atoms with van der Waals surface area (Å²) < 4.78 is 0. The van der Waals surface area contributed by atoms with Gasteiger partial charge in [-0.2, -0.15) is 0 Å². The van der Waals surface area contributed by atoms with Crippen LogP contribution < -0.4 is 5.32 Å². The van der Waals surface area contributed by atoms with Gasteiger partial charge in [0.05, 0.1) is 5.69 Å². The maximum Gasteiger partial charge on any atom is 0.0688 e. The van der Waals surface area contributed by atoms with Gasteiger partial charge in [0.25, 0.3) is 0 Å². The van der Waals surface area contributed by atoms with Gasteiger partial charge in [-0.3, -0.25) is 4.99 Å². The first-order valence-electron chi connectivity index (χ1n) is 9.25. The van der Waals surface area contributed by atoms with E-state index in [0.717, 1.165) is 22.5 Å². The van der Waals surface area contributed by atoms with E-state index in [1.807, 2.05) is 18.5 Å². The van der Waals surface area contributed by atoms with Crippen LogP contribution in [0.15, 0.2) is 77.9 Å². The third kappa shape index (κ3) is 4.53. The van der Waals surface area contributed by atoms with E-state index in [2.05, 4.69) is 93.7 Å². The van der Waals surface area contributed by atoms with Gasteiger partial charge in [-0.15, -0.1) is 0 Å². The highest BCUT2D eigenvalue weighted by Gasteiger charge is 2.04. The Morgan fingerprint density at radius 3 is 1.85 bits per heavy atom. The molecule has 0 unspecified atom stereocenters. The number of nitrogens with zero attached hydrogens (tertiary/aromatic N) is 1. The molecule has 0 fully saturated rings. The highest BCUT2D eigenvalue weighted by Crippen LogP contribution is 2.25. The maximum atomic E-state index is 4.81. The first kappa shape index (κ1) is 18.7. The second kappa shape index (κ2) is 8.50. The van der Waals surface area contributed by atoms with Crippen LogP contribution in [0.1, 0.15) is 27.8 Å². The Bertz CT molecular complexity index is 942. The van der Waals surface area contributed by atoms with Crippen LogP contribution in [0.25, 0.3) is 5.57 Å². The molecule has 0 heterocycles. The van der Waals surface area contributed by atoms with Gasteiger partial charge in [0.2, 0.25) is 0 Å². The predicted molar refractivity (Wildman–Crippen MR) is 118 cm³/mol. The predicted octanol–water partition coefficient (Wildman–Crippen LogP) is 6.78. The van der Waals surface area contributed by atoms with E-state index >= 15 is 0 Å². The molecule has 0 amide bonds. The highest BCUT2D eigenvalue weighted by atomic mass is 14.9. The number of anilines is 1. The second-order valence-corrected chi connectivity index (χ2v) is 6.88. The zero-order chi connectivity index (χ0) is 19.2. The summed E-state index contributed by atoms with van der Waals surface area (Å²) in [5.41, 5.74) is 9.17. The van der Waals surface area contributed by atoms with Crippen LogP contribution in [0.5, 0.6) is 0 Å². The summed E-state index contributed by atoms with van der Waals surface area (Å²) in [7, 11) is 0. The monoisotopic (exact) mass is 354 g/mol. The van der Waals surface area contributed by atoms with Gasteiger partial charge in [0, 0.05) is 23.7 Å². The Morgan fingerprint density at radius 2 is 1.26 bits per heavy atom. The fourth-order valence-corrected chi connectivity index (χ4v) is 3.16. The van der Waals surface area contributed by atoms with Gasteiger partial charge in [-0.1, -0.05) is 66.7 Å². The van der Waals surface area contributed by atoms with E-state index in [0.29, 0.717) is 0 Å². The largest absolute Gasteiger partial charge is 0.361 e. The van der Waals surface area contributed by atoms with Crippen molar-refractivity contribution in [2.45, 2.75) is 27.7 Å². The second-order valence-electron chi connectivity index (χ2n) is 6.88. The molecular weight excluding hydrogens is 328 g/mol. The fourth-order valence-electron chi connectivity index (χ4n) is 3.16. The Balaban J connectivity index is 1.98. The van der Waals surface area contributed by atoms with Crippen LogP contribution in [-0.4, -0.2) is 6.21 Å². The van der Waals surface area contributed by atoms with Crippen molar-refractivity contribution in [1.29, 1.82) is 0 Å². The lowest BCUT2D eigenvalue weighted by Crippen LogP contribution is -1.97. The van der Waals surface area contributed by atoms with Crippen molar-refractivity contribution < 1.29 is 0 Å². The van der Waals surface area contributed by atoms with Crippen LogP contribution in [0.4, 0.5) is 11.4 Å². The minimum Gasteiger partial charge on any atom is -0.361 e. The molecule has 0 aliphatic rings. The standard InChI is InChI=1S/C25H26N2/c1-18-10-8-11-19(2)24(18)26-16-23(22-14-6-5-7-15-22)17-27-25-20(3)12-9-13-21(25)4/h5-17,26H,1-4H3/b23-16-,27-17?. The number of rotatable bonds is 5. The smallest absolute Gasteiger partial charge is 0.0688 e. The van der Waals surface area contributed by atoms with Crippen molar-refractivity contribution >= 4 is 23.2 Å². The lowest BCUT2D eigenvalue weighted by molar-refractivity contribution is 1.33. The average Bonchev–Trinajstić information content (AvgIpc) is 2.66. The van der Waals surface area contributed by atoms with Crippen molar-refractivity contribution in [1.82, 2.24) is 0 Å². The lowest BCUT2D eigenvalue weighted by Gasteiger charge is -2.11. The Kier molecular flexibility index (Phi) is 5.87. The normalized spacial score (nSPS) is 11.8.